The second kappa shape index (κ2) is 11.3. The SMILES string of the molecule is C#Cc1c(F)ccc2c1C(N1C[C@H]3CC[C@@H](C1)N3)=CC(O)(c1nc(C#C)c3cnc([C@@H](C)CN4CCC(F)(F)CC4)nc3c1F)C2. The molecule has 238 valence electrons. The van der Waals surface area contributed by atoms with E-state index in [-0.39, 0.29) is 78.2 Å². The van der Waals surface area contributed by atoms with Crippen LogP contribution in [-0.4, -0.2) is 80.6 Å². The lowest BCUT2D eigenvalue weighted by molar-refractivity contribution is -0.0558. The summed E-state index contributed by atoms with van der Waals surface area (Å²) in [7, 11) is 0. The summed E-state index contributed by atoms with van der Waals surface area (Å²) in [6.07, 6.45) is 16.0. The quantitative estimate of drug-likeness (QED) is 0.321. The maximum Gasteiger partial charge on any atom is 0.250 e. The average Bonchev–Trinajstić information content (AvgIpc) is 3.38. The van der Waals surface area contributed by atoms with Gasteiger partial charge in [0.05, 0.1) is 10.9 Å². The minimum atomic E-state index is -2.66. The molecular weight excluding hydrogens is 596 g/mol. The molecule has 1 aromatic carbocycles. The summed E-state index contributed by atoms with van der Waals surface area (Å²) in [5.74, 6) is 0.963. The first kappa shape index (κ1) is 30.6. The maximum atomic E-state index is 16.7. The topological polar surface area (TPSA) is 77.4 Å². The average molecular weight is 631 g/mol. The number of hydrogen-bond acceptors (Lipinski definition) is 7. The van der Waals surface area contributed by atoms with E-state index in [2.05, 4.69) is 37.0 Å². The molecule has 0 radical (unpaired) electrons. The van der Waals surface area contributed by atoms with Crippen molar-refractivity contribution in [2.75, 3.05) is 32.7 Å². The van der Waals surface area contributed by atoms with Crippen LogP contribution in [0, 0.1) is 36.3 Å². The predicted octanol–water partition coefficient (Wildman–Crippen LogP) is 4.32. The van der Waals surface area contributed by atoms with Gasteiger partial charge in [-0.05, 0) is 36.5 Å². The number of pyridine rings is 1. The van der Waals surface area contributed by atoms with Crippen molar-refractivity contribution in [3.8, 4) is 24.7 Å². The van der Waals surface area contributed by atoms with Crippen molar-refractivity contribution in [2.24, 2.45) is 0 Å². The number of halogens is 4. The Morgan fingerprint density at radius 2 is 1.80 bits per heavy atom. The summed E-state index contributed by atoms with van der Waals surface area (Å²) >= 11 is 0. The van der Waals surface area contributed by atoms with Crippen molar-refractivity contribution in [1.82, 2.24) is 30.1 Å². The fourth-order valence-corrected chi connectivity index (χ4v) is 7.47. The number of nitrogens with zero attached hydrogens (tertiary/aromatic N) is 5. The van der Waals surface area contributed by atoms with E-state index in [1.165, 1.54) is 18.3 Å². The first-order valence-corrected chi connectivity index (χ1v) is 15.7. The molecule has 3 aliphatic heterocycles. The van der Waals surface area contributed by atoms with Gasteiger partial charge in [-0.2, -0.15) is 0 Å². The molecule has 7 nitrogen and oxygen atoms in total. The minimum Gasteiger partial charge on any atom is -0.379 e. The van der Waals surface area contributed by atoms with Gasteiger partial charge in [0, 0.05) is 87.4 Å². The van der Waals surface area contributed by atoms with Gasteiger partial charge in [-0.25, -0.2) is 32.5 Å². The molecule has 1 aliphatic carbocycles. The number of aliphatic hydroxyl groups is 1. The van der Waals surface area contributed by atoms with Gasteiger partial charge >= 0.3 is 0 Å². The highest BCUT2D eigenvalue weighted by molar-refractivity contribution is 5.84. The third kappa shape index (κ3) is 5.30. The Labute approximate surface area is 265 Å². The van der Waals surface area contributed by atoms with E-state index in [1.54, 1.807) is 6.07 Å². The molecule has 0 amide bonds. The first-order chi connectivity index (χ1) is 22.0. The highest BCUT2D eigenvalue weighted by Crippen LogP contribution is 2.43. The van der Waals surface area contributed by atoms with Gasteiger partial charge in [-0.15, -0.1) is 12.8 Å². The second-order valence-corrected chi connectivity index (χ2v) is 13.1. The summed E-state index contributed by atoms with van der Waals surface area (Å²) in [5.41, 5.74) is -0.571. The van der Waals surface area contributed by atoms with Crippen LogP contribution >= 0.6 is 0 Å². The van der Waals surface area contributed by atoms with E-state index in [1.807, 2.05) is 11.8 Å². The van der Waals surface area contributed by atoms with Crippen LogP contribution in [0.5, 0.6) is 0 Å². The number of terminal acetylenes is 2. The zero-order valence-corrected chi connectivity index (χ0v) is 25.5. The number of piperazine rings is 1. The zero-order valence-electron chi connectivity index (χ0n) is 25.5. The first-order valence-electron chi connectivity index (χ1n) is 15.7. The molecule has 5 heterocycles. The second-order valence-electron chi connectivity index (χ2n) is 13.1. The van der Waals surface area contributed by atoms with Gasteiger partial charge in [0.15, 0.2) is 5.82 Å². The molecule has 3 fully saturated rings. The van der Waals surface area contributed by atoms with Gasteiger partial charge in [0.2, 0.25) is 0 Å². The van der Waals surface area contributed by atoms with E-state index in [4.69, 9.17) is 12.8 Å². The highest BCUT2D eigenvalue weighted by Gasteiger charge is 2.43. The van der Waals surface area contributed by atoms with Crippen molar-refractivity contribution in [1.29, 1.82) is 0 Å². The summed E-state index contributed by atoms with van der Waals surface area (Å²) in [4.78, 5) is 17.4. The molecule has 0 saturated carbocycles. The molecular formula is C35H34F4N6O. The monoisotopic (exact) mass is 630 g/mol. The Balaban J connectivity index is 1.31. The standard InChI is InChI=1S/C35H34F4N6O/c1-4-24-26(36)9-6-21-14-34(46,15-28(29(21)24)45-18-22-7-8-23(19-45)41-22)32-30(37)31-25(27(5-2)42-32)16-40-33(43-31)20(3)17-44-12-10-35(38,39)11-13-44/h1-2,6,9,15-16,20,22-23,41,46H,7-8,10-14,17-19H2,3H3/t20-,22-,23+,34?/m0/s1. The molecule has 11 heteroatoms. The number of likely N-dealkylation sites (tertiary alicyclic amines) is 2. The summed E-state index contributed by atoms with van der Waals surface area (Å²) in [6, 6.07) is 3.28. The third-order valence-electron chi connectivity index (χ3n) is 9.84. The Hall–Kier alpha value is -4.03. The number of fused-ring (bicyclic) bond motifs is 4. The highest BCUT2D eigenvalue weighted by atomic mass is 19.3. The Morgan fingerprint density at radius 1 is 1.09 bits per heavy atom. The summed E-state index contributed by atoms with van der Waals surface area (Å²) in [5, 5.41) is 16.1. The minimum absolute atomic E-state index is 0.0710. The van der Waals surface area contributed by atoms with Crippen molar-refractivity contribution in [3.63, 3.8) is 0 Å². The van der Waals surface area contributed by atoms with Gasteiger partial charge in [0.1, 0.15) is 34.1 Å². The fraction of sp³-hybridized carbons (Fsp3) is 0.457. The Kier molecular flexibility index (Phi) is 7.55. The number of aromatic nitrogens is 3. The molecule has 46 heavy (non-hydrogen) atoms. The molecule has 4 atom stereocenters. The van der Waals surface area contributed by atoms with Gasteiger partial charge in [0.25, 0.3) is 5.92 Å². The maximum absolute atomic E-state index is 16.7. The lowest BCUT2D eigenvalue weighted by atomic mass is 9.79. The zero-order chi connectivity index (χ0) is 32.4. The van der Waals surface area contributed by atoms with Crippen molar-refractivity contribution >= 4 is 16.6 Å². The molecule has 0 spiro atoms. The van der Waals surface area contributed by atoms with E-state index < -0.39 is 23.2 Å². The lowest BCUT2D eigenvalue weighted by Gasteiger charge is -2.41. The number of piperidine rings is 1. The van der Waals surface area contributed by atoms with Crippen LogP contribution in [0.4, 0.5) is 17.6 Å². The number of rotatable bonds is 5. The van der Waals surface area contributed by atoms with Crippen LogP contribution in [0.25, 0.3) is 16.6 Å². The molecule has 2 aromatic heterocycles. The molecule has 3 aromatic rings. The van der Waals surface area contributed by atoms with Crippen LogP contribution < -0.4 is 5.32 Å². The Bertz CT molecular complexity index is 1830. The fourth-order valence-electron chi connectivity index (χ4n) is 7.47. The molecule has 1 unspecified atom stereocenters. The van der Waals surface area contributed by atoms with Gasteiger partial charge in [-0.3, -0.25) is 0 Å². The van der Waals surface area contributed by atoms with E-state index in [0.717, 1.165) is 12.8 Å². The van der Waals surface area contributed by atoms with Crippen molar-refractivity contribution < 1.29 is 22.7 Å². The van der Waals surface area contributed by atoms with E-state index >= 15 is 8.78 Å². The van der Waals surface area contributed by atoms with E-state index in [9.17, 15) is 13.9 Å². The molecule has 4 aliphatic rings. The van der Waals surface area contributed by atoms with Crippen LogP contribution in [0.15, 0.2) is 24.4 Å². The van der Waals surface area contributed by atoms with Crippen molar-refractivity contribution in [2.45, 2.75) is 68.6 Å². The summed E-state index contributed by atoms with van der Waals surface area (Å²) < 4.78 is 59.1. The summed E-state index contributed by atoms with van der Waals surface area (Å²) in [6.45, 7) is 4.01. The number of hydrogen-bond donors (Lipinski definition) is 2. The van der Waals surface area contributed by atoms with Crippen LogP contribution in [0.1, 0.15) is 72.4 Å². The van der Waals surface area contributed by atoms with Gasteiger partial charge < -0.3 is 20.2 Å². The molecule has 3 saturated heterocycles. The number of alkyl halides is 2. The van der Waals surface area contributed by atoms with Crippen LogP contribution in [-0.2, 0) is 12.0 Å². The van der Waals surface area contributed by atoms with Gasteiger partial charge in [-0.1, -0.05) is 18.9 Å². The van der Waals surface area contributed by atoms with E-state index in [0.29, 0.717) is 42.3 Å². The van der Waals surface area contributed by atoms with Crippen LogP contribution in [0.3, 0.4) is 0 Å². The largest absolute Gasteiger partial charge is 0.379 e. The van der Waals surface area contributed by atoms with Crippen LogP contribution in [0.2, 0.25) is 0 Å². The predicted molar refractivity (Wildman–Crippen MR) is 166 cm³/mol. The molecule has 7 rings (SSSR count). The molecule has 2 N–H and O–H groups in total. The number of nitrogens with one attached hydrogen (secondary N) is 1. The van der Waals surface area contributed by atoms with Crippen molar-refractivity contribution in [3.05, 3.63) is 69.9 Å². The Morgan fingerprint density at radius 3 is 2.48 bits per heavy atom. The molecule has 2 bridgehead atoms. The third-order valence-corrected chi connectivity index (χ3v) is 9.84. The number of benzene rings is 1. The lowest BCUT2D eigenvalue weighted by Crippen LogP contribution is -2.51. The normalized spacial score (nSPS) is 26.3. The smallest absolute Gasteiger partial charge is 0.250 e.